The van der Waals surface area contributed by atoms with E-state index in [2.05, 4.69) is 21.7 Å². The van der Waals surface area contributed by atoms with E-state index < -0.39 is 0 Å². The molecule has 1 saturated carbocycles. The second-order valence-electron chi connectivity index (χ2n) is 5.36. The average molecular weight is 290 g/mol. The Morgan fingerprint density at radius 1 is 1.20 bits per heavy atom. The van der Waals surface area contributed by atoms with Crippen LogP contribution in [0.25, 0.3) is 0 Å². The first-order valence-corrected chi connectivity index (χ1v) is 7.93. The Morgan fingerprint density at radius 2 is 2.00 bits per heavy atom. The maximum Gasteiger partial charge on any atom is 0.132 e. The molecule has 0 aliphatic heterocycles. The van der Waals surface area contributed by atoms with Crippen molar-refractivity contribution in [3.05, 3.63) is 57.5 Å². The van der Waals surface area contributed by atoms with Gasteiger partial charge in [-0.1, -0.05) is 18.2 Å². The molecule has 1 aromatic heterocycles. The van der Waals surface area contributed by atoms with Crippen LogP contribution in [0.3, 0.4) is 0 Å². The Morgan fingerprint density at radius 3 is 2.65 bits per heavy atom. The zero-order chi connectivity index (χ0) is 13.9. The lowest BCUT2D eigenvalue weighted by molar-refractivity contribution is 0.242. The number of benzene rings is 1. The highest BCUT2D eigenvalue weighted by Gasteiger charge is 2.29. The Bertz CT molecular complexity index is 564. The van der Waals surface area contributed by atoms with Gasteiger partial charge in [0.15, 0.2) is 0 Å². The number of rotatable bonds is 6. The van der Waals surface area contributed by atoms with Crippen LogP contribution in [0.4, 0.5) is 4.39 Å². The monoisotopic (exact) mass is 290 g/mol. The van der Waals surface area contributed by atoms with Crippen molar-refractivity contribution in [1.29, 1.82) is 0 Å². The maximum atomic E-state index is 14.3. The lowest BCUT2D eigenvalue weighted by Crippen LogP contribution is -2.25. The molecule has 1 fully saturated rings. The quantitative estimate of drug-likeness (QED) is 0.882. The van der Waals surface area contributed by atoms with E-state index in [0.717, 1.165) is 12.1 Å². The van der Waals surface area contributed by atoms with E-state index in [0.29, 0.717) is 18.2 Å². The van der Waals surface area contributed by atoms with Gasteiger partial charge >= 0.3 is 0 Å². The lowest BCUT2D eigenvalue weighted by atomic mass is 10.1. The maximum absolute atomic E-state index is 14.3. The van der Waals surface area contributed by atoms with E-state index in [-0.39, 0.29) is 12.4 Å². The highest BCUT2D eigenvalue weighted by atomic mass is 32.1. The number of thiophene rings is 1. The summed E-state index contributed by atoms with van der Waals surface area (Å²) in [6, 6.07) is 8.29. The molecule has 0 unspecified atom stereocenters. The van der Waals surface area contributed by atoms with Gasteiger partial charge in [0.05, 0.1) is 0 Å². The van der Waals surface area contributed by atoms with Gasteiger partial charge in [0.1, 0.15) is 5.82 Å². The van der Waals surface area contributed by atoms with Crippen LogP contribution in [0, 0.1) is 5.82 Å². The minimum atomic E-state index is -0.133. The molecule has 0 saturated heterocycles. The molecule has 0 bridgehead atoms. The van der Waals surface area contributed by atoms with Crippen LogP contribution in [0.1, 0.15) is 29.5 Å². The number of halogens is 1. The van der Waals surface area contributed by atoms with E-state index in [9.17, 15) is 4.39 Å². The molecule has 2 nitrogen and oxygen atoms in total. The average Bonchev–Trinajstić information content (AvgIpc) is 3.18. The lowest BCUT2D eigenvalue weighted by Gasteiger charge is -2.22. The van der Waals surface area contributed by atoms with E-state index >= 15 is 0 Å². The van der Waals surface area contributed by atoms with Gasteiger partial charge < -0.3 is 5.73 Å². The molecule has 2 aromatic rings. The summed E-state index contributed by atoms with van der Waals surface area (Å²) in [4.78, 5) is 2.38. The van der Waals surface area contributed by atoms with Crippen LogP contribution in [0.2, 0.25) is 0 Å². The van der Waals surface area contributed by atoms with Gasteiger partial charge in [-0.15, -0.1) is 0 Å². The molecule has 3 rings (SSSR count). The summed E-state index contributed by atoms with van der Waals surface area (Å²) in [5.41, 5.74) is 8.26. The summed E-state index contributed by atoms with van der Waals surface area (Å²) in [7, 11) is 0. The SMILES string of the molecule is NCc1cccc(CN(Cc2ccsc2)C2CC2)c1F. The fourth-order valence-corrected chi connectivity index (χ4v) is 3.16. The van der Waals surface area contributed by atoms with E-state index in [1.807, 2.05) is 12.1 Å². The van der Waals surface area contributed by atoms with Crippen molar-refractivity contribution in [3.8, 4) is 0 Å². The van der Waals surface area contributed by atoms with Crippen LogP contribution in [-0.4, -0.2) is 10.9 Å². The van der Waals surface area contributed by atoms with Crippen molar-refractivity contribution < 1.29 is 4.39 Å². The van der Waals surface area contributed by atoms with Gasteiger partial charge in [0.2, 0.25) is 0 Å². The van der Waals surface area contributed by atoms with Crippen molar-refractivity contribution >= 4 is 11.3 Å². The zero-order valence-electron chi connectivity index (χ0n) is 11.4. The predicted octanol–water partition coefficient (Wildman–Crippen LogP) is 3.51. The molecule has 0 radical (unpaired) electrons. The van der Waals surface area contributed by atoms with Gasteiger partial charge in [-0.2, -0.15) is 11.3 Å². The summed E-state index contributed by atoms with van der Waals surface area (Å²) < 4.78 is 14.3. The van der Waals surface area contributed by atoms with Crippen LogP contribution < -0.4 is 5.73 Å². The number of nitrogens with two attached hydrogens (primary N) is 1. The Balaban J connectivity index is 1.76. The van der Waals surface area contributed by atoms with Crippen LogP contribution in [0.15, 0.2) is 35.0 Å². The van der Waals surface area contributed by atoms with Crippen LogP contribution in [-0.2, 0) is 19.6 Å². The van der Waals surface area contributed by atoms with Crippen molar-refractivity contribution in [2.75, 3.05) is 0 Å². The molecule has 20 heavy (non-hydrogen) atoms. The Hall–Kier alpha value is -1.23. The van der Waals surface area contributed by atoms with Crippen molar-refractivity contribution in [1.82, 2.24) is 4.90 Å². The molecular weight excluding hydrogens is 271 g/mol. The third-order valence-electron chi connectivity index (χ3n) is 3.78. The third kappa shape index (κ3) is 3.08. The molecule has 1 aliphatic carbocycles. The predicted molar refractivity (Wildman–Crippen MR) is 80.9 cm³/mol. The summed E-state index contributed by atoms with van der Waals surface area (Å²) >= 11 is 1.71. The first-order chi connectivity index (χ1) is 9.78. The molecule has 2 N–H and O–H groups in total. The molecule has 4 heteroatoms. The zero-order valence-corrected chi connectivity index (χ0v) is 12.2. The Kier molecular flexibility index (Phi) is 4.15. The minimum absolute atomic E-state index is 0.133. The number of hydrogen-bond donors (Lipinski definition) is 1. The molecule has 106 valence electrons. The number of nitrogens with zero attached hydrogens (tertiary/aromatic N) is 1. The minimum Gasteiger partial charge on any atom is -0.326 e. The first kappa shape index (κ1) is 13.7. The van der Waals surface area contributed by atoms with E-state index in [1.165, 1.54) is 18.4 Å². The van der Waals surface area contributed by atoms with Gasteiger partial charge in [-0.25, -0.2) is 4.39 Å². The highest BCUT2D eigenvalue weighted by Crippen LogP contribution is 2.30. The van der Waals surface area contributed by atoms with Crippen molar-refractivity contribution in [2.24, 2.45) is 5.73 Å². The summed E-state index contributed by atoms with van der Waals surface area (Å²) in [6.45, 7) is 1.83. The second-order valence-corrected chi connectivity index (χ2v) is 6.14. The first-order valence-electron chi connectivity index (χ1n) is 6.99. The van der Waals surface area contributed by atoms with Gasteiger partial charge in [0, 0.05) is 36.8 Å². The van der Waals surface area contributed by atoms with E-state index in [1.54, 1.807) is 17.4 Å². The van der Waals surface area contributed by atoms with Crippen LogP contribution in [0.5, 0.6) is 0 Å². The molecule has 0 spiro atoms. The molecule has 1 heterocycles. The summed E-state index contributed by atoms with van der Waals surface area (Å²) in [6.07, 6.45) is 2.45. The third-order valence-corrected chi connectivity index (χ3v) is 4.51. The molecule has 0 amide bonds. The molecular formula is C16H19FN2S. The topological polar surface area (TPSA) is 29.3 Å². The van der Waals surface area contributed by atoms with E-state index in [4.69, 9.17) is 5.73 Å². The Labute approximate surface area is 123 Å². The fraction of sp³-hybridized carbons (Fsp3) is 0.375. The molecule has 0 atom stereocenters. The van der Waals surface area contributed by atoms with Gasteiger partial charge in [0.25, 0.3) is 0 Å². The van der Waals surface area contributed by atoms with Gasteiger partial charge in [-0.3, -0.25) is 4.90 Å². The standard InChI is InChI=1S/C16H19FN2S/c17-16-13(8-18)2-1-3-14(16)10-19(15-4-5-15)9-12-6-7-20-11-12/h1-3,6-7,11,15H,4-5,8-10,18H2. The van der Waals surface area contributed by atoms with Crippen molar-refractivity contribution in [2.45, 2.75) is 38.5 Å². The summed E-state index contributed by atoms with van der Waals surface area (Å²) in [5, 5.41) is 4.26. The van der Waals surface area contributed by atoms with Gasteiger partial charge in [-0.05, 0) is 35.2 Å². The molecule has 1 aliphatic rings. The second kappa shape index (κ2) is 6.04. The fourth-order valence-electron chi connectivity index (χ4n) is 2.50. The van der Waals surface area contributed by atoms with Crippen LogP contribution >= 0.6 is 11.3 Å². The van der Waals surface area contributed by atoms with Crippen molar-refractivity contribution in [3.63, 3.8) is 0 Å². The number of hydrogen-bond acceptors (Lipinski definition) is 3. The molecule has 1 aromatic carbocycles. The largest absolute Gasteiger partial charge is 0.326 e. The highest BCUT2D eigenvalue weighted by molar-refractivity contribution is 7.07. The normalized spacial score (nSPS) is 14.9. The smallest absolute Gasteiger partial charge is 0.132 e. The summed E-state index contributed by atoms with van der Waals surface area (Å²) in [5.74, 6) is -0.133.